The van der Waals surface area contributed by atoms with Crippen LogP contribution in [-0.4, -0.2) is 26.8 Å². The summed E-state index contributed by atoms with van der Waals surface area (Å²) in [6.07, 6.45) is 3.94. The fraction of sp³-hybridized carbons (Fsp3) is 0.111. The standard InChI is InChI=1S/C18H17N5O2/c1-2-11-7-8-20-14(9-11)23-18(25)13-5-3-12(4-6-13)15-16(17(19)24)22-10-21-15/h3-10H,2H2,1H3,(H2,19,24)(H,21,22)(H,20,23,25). The van der Waals surface area contributed by atoms with Crippen LogP contribution in [0.2, 0.25) is 0 Å². The number of aromatic amines is 1. The Morgan fingerprint density at radius 2 is 1.92 bits per heavy atom. The first-order valence-electron chi connectivity index (χ1n) is 7.78. The van der Waals surface area contributed by atoms with E-state index in [2.05, 4.69) is 20.3 Å². The van der Waals surface area contributed by atoms with E-state index < -0.39 is 5.91 Å². The Morgan fingerprint density at radius 1 is 1.16 bits per heavy atom. The molecule has 3 aromatic rings. The number of hydrogen-bond donors (Lipinski definition) is 3. The molecule has 0 aliphatic rings. The lowest BCUT2D eigenvalue weighted by Gasteiger charge is -2.06. The third kappa shape index (κ3) is 3.55. The summed E-state index contributed by atoms with van der Waals surface area (Å²) in [4.78, 5) is 34.7. The van der Waals surface area contributed by atoms with Crippen LogP contribution in [0.4, 0.5) is 5.82 Å². The number of H-pyrrole nitrogens is 1. The average molecular weight is 335 g/mol. The van der Waals surface area contributed by atoms with Crippen molar-refractivity contribution in [3.63, 3.8) is 0 Å². The maximum absolute atomic E-state index is 12.3. The molecule has 1 aromatic carbocycles. The summed E-state index contributed by atoms with van der Waals surface area (Å²) in [6, 6.07) is 10.5. The first-order valence-corrected chi connectivity index (χ1v) is 7.78. The zero-order chi connectivity index (χ0) is 17.8. The van der Waals surface area contributed by atoms with Gasteiger partial charge in [0.2, 0.25) is 0 Å². The van der Waals surface area contributed by atoms with Gasteiger partial charge >= 0.3 is 0 Å². The van der Waals surface area contributed by atoms with Crippen LogP contribution in [0.3, 0.4) is 0 Å². The number of nitrogens with zero attached hydrogens (tertiary/aromatic N) is 2. The fourth-order valence-electron chi connectivity index (χ4n) is 2.43. The molecule has 0 saturated carbocycles. The number of imidazole rings is 1. The van der Waals surface area contributed by atoms with Crippen molar-refractivity contribution < 1.29 is 9.59 Å². The van der Waals surface area contributed by atoms with Crippen LogP contribution < -0.4 is 11.1 Å². The number of carbonyl (C=O) groups is 2. The van der Waals surface area contributed by atoms with Crippen LogP contribution in [-0.2, 0) is 6.42 Å². The van der Waals surface area contributed by atoms with E-state index in [-0.39, 0.29) is 11.6 Å². The summed E-state index contributed by atoms with van der Waals surface area (Å²) >= 11 is 0. The molecule has 0 unspecified atom stereocenters. The summed E-state index contributed by atoms with van der Waals surface area (Å²) < 4.78 is 0. The Labute approximate surface area is 144 Å². The lowest BCUT2D eigenvalue weighted by atomic mass is 10.1. The third-order valence-electron chi connectivity index (χ3n) is 3.78. The van der Waals surface area contributed by atoms with E-state index in [1.54, 1.807) is 30.5 Å². The van der Waals surface area contributed by atoms with E-state index in [1.165, 1.54) is 6.33 Å². The number of carbonyl (C=O) groups excluding carboxylic acids is 2. The fourth-order valence-corrected chi connectivity index (χ4v) is 2.43. The Balaban J connectivity index is 1.78. The van der Waals surface area contributed by atoms with Crippen molar-refractivity contribution in [3.8, 4) is 11.3 Å². The molecule has 0 atom stereocenters. The average Bonchev–Trinajstić information content (AvgIpc) is 3.12. The predicted molar refractivity (Wildman–Crippen MR) is 94.1 cm³/mol. The molecule has 0 radical (unpaired) electrons. The number of nitrogens with two attached hydrogens (primary N) is 1. The van der Waals surface area contributed by atoms with Crippen LogP contribution in [0.5, 0.6) is 0 Å². The molecule has 2 heterocycles. The van der Waals surface area contributed by atoms with Crippen LogP contribution in [0.25, 0.3) is 11.3 Å². The van der Waals surface area contributed by atoms with Crippen molar-refractivity contribution in [3.05, 3.63) is 65.7 Å². The van der Waals surface area contributed by atoms with E-state index in [1.807, 2.05) is 19.1 Å². The zero-order valence-electron chi connectivity index (χ0n) is 13.6. The molecular weight excluding hydrogens is 318 g/mol. The van der Waals surface area contributed by atoms with Gasteiger partial charge in [-0.05, 0) is 36.2 Å². The second-order valence-corrected chi connectivity index (χ2v) is 5.42. The van der Waals surface area contributed by atoms with Gasteiger partial charge in [0.15, 0.2) is 0 Å². The molecule has 0 fully saturated rings. The number of nitrogens with one attached hydrogen (secondary N) is 2. The topological polar surface area (TPSA) is 114 Å². The molecule has 0 spiro atoms. The minimum atomic E-state index is -0.587. The maximum Gasteiger partial charge on any atom is 0.267 e. The second kappa shape index (κ2) is 6.96. The van der Waals surface area contributed by atoms with E-state index >= 15 is 0 Å². The molecule has 7 nitrogen and oxygen atoms in total. The van der Waals surface area contributed by atoms with Gasteiger partial charge in [0.25, 0.3) is 11.8 Å². The summed E-state index contributed by atoms with van der Waals surface area (Å²) in [5.41, 5.74) is 8.26. The Hall–Kier alpha value is -3.48. The predicted octanol–water partition coefficient (Wildman–Crippen LogP) is 2.39. The Bertz CT molecular complexity index is 915. The number of hydrogen-bond acceptors (Lipinski definition) is 4. The van der Waals surface area contributed by atoms with E-state index in [0.29, 0.717) is 22.6 Å². The number of primary amides is 1. The normalized spacial score (nSPS) is 10.4. The summed E-state index contributed by atoms with van der Waals surface area (Å²) in [5, 5.41) is 2.77. The number of amides is 2. The van der Waals surface area contributed by atoms with Crippen LogP contribution in [0.15, 0.2) is 48.9 Å². The first kappa shape index (κ1) is 16.4. The molecular formula is C18H17N5O2. The second-order valence-electron chi connectivity index (χ2n) is 5.42. The molecule has 126 valence electrons. The lowest BCUT2D eigenvalue weighted by Crippen LogP contribution is -2.13. The number of aryl methyl sites for hydroxylation is 1. The summed E-state index contributed by atoms with van der Waals surface area (Å²) in [7, 11) is 0. The van der Waals surface area contributed by atoms with Crippen LogP contribution >= 0.6 is 0 Å². The molecule has 25 heavy (non-hydrogen) atoms. The van der Waals surface area contributed by atoms with Gasteiger partial charge in [0.1, 0.15) is 17.2 Å². The largest absolute Gasteiger partial charge is 0.364 e. The molecule has 0 aliphatic heterocycles. The van der Waals surface area contributed by atoms with Gasteiger partial charge in [0.05, 0.1) is 6.33 Å². The molecule has 3 rings (SSSR count). The highest BCUT2D eigenvalue weighted by molar-refractivity contribution is 6.04. The van der Waals surface area contributed by atoms with Gasteiger partial charge in [-0.1, -0.05) is 19.1 Å². The van der Waals surface area contributed by atoms with Gasteiger partial charge in [-0.25, -0.2) is 9.97 Å². The summed E-state index contributed by atoms with van der Waals surface area (Å²) in [5.74, 6) is -0.336. The molecule has 7 heteroatoms. The Morgan fingerprint density at radius 3 is 2.60 bits per heavy atom. The minimum Gasteiger partial charge on any atom is -0.364 e. The number of anilines is 1. The van der Waals surface area contributed by atoms with E-state index in [9.17, 15) is 9.59 Å². The number of rotatable bonds is 5. The Kier molecular flexibility index (Phi) is 4.56. The highest BCUT2D eigenvalue weighted by Gasteiger charge is 2.14. The van der Waals surface area contributed by atoms with Crippen molar-refractivity contribution in [1.29, 1.82) is 0 Å². The molecule has 4 N–H and O–H groups in total. The number of benzene rings is 1. The van der Waals surface area contributed by atoms with Crippen LogP contribution in [0, 0.1) is 0 Å². The number of aromatic nitrogens is 3. The van der Waals surface area contributed by atoms with Gasteiger partial charge < -0.3 is 16.0 Å². The SMILES string of the molecule is CCc1ccnc(NC(=O)c2ccc(-c3nc[nH]c3C(N)=O)cc2)c1. The molecule has 0 saturated heterocycles. The van der Waals surface area contributed by atoms with Gasteiger partial charge in [-0.3, -0.25) is 9.59 Å². The van der Waals surface area contributed by atoms with Crippen molar-refractivity contribution in [2.45, 2.75) is 13.3 Å². The lowest BCUT2D eigenvalue weighted by molar-refractivity contribution is 0.0994. The van der Waals surface area contributed by atoms with Gasteiger partial charge in [-0.15, -0.1) is 0 Å². The summed E-state index contributed by atoms with van der Waals surface area (Å²) in [6.45, 7) is 2.04. The molecule has 0 bridgehead atoms. The van der Waals surface area contributed by atoms with Crippen molar-refractivity contribution >= 4 is 17.6 Å². The third-order valence-corrected chi connectivity index (χ3v) is 3.78. The highest BCUT2D eigenvalue weighted by atomic mass is 16.2. The first-order chi connectivity index (χ1) is 12.1. The van der Waals surface area contributed by atoms with Crippen molar-refractivity contribution in [2.75, 3.05) is 5.32 Å². The smallest absolute Gasteiger partial charge is 0.267 e. The molecule has 2 amide bonds. The van der Waals surface area contributed by atoms with Gasteiger partial charge in [0, 0.05) is 17.3 Å². The quantitative estimate of drug-likeness (QED) is 0.664. The highest BCUT2D eigenvalue weighted by Crippen LogP contribution is 2.21. The maximum atomic E-state index is 12.3. The zero-order valence-corrected chi connectivity index (χ0v) is 13.6. The van der Waals surface area contributed by atoms with Gasteiger partial charge in [-0.2, -0.15) is 0 Å². The van der Waals surface area contributed by atoms with Crippen LogP contribution in [0.1, 0.15) is 33.3 Å². The van der Waals surface area contributed by atoms with E-state index in [4.69, 9.17) is 5.73 Å². The minimum absolute atomic E-state index is 0.234. The number of pyridine rings is 1. The molecule has 2 aromatic heterocycles. The monoisotopic (exact) mass is 335 g/mol. The van der Waals surface area contributed by atoms with Crippen molar-refractivity contribution in [1.82, 2.24) is 15.0 Å². The molecule has 0 aliphatic carbocycles. The van der Waals surface area contributed by atoms with E-state index in [0.717, 1.165) is 12.0 Å². The van der Waals surface area contributed by atoms with Crippen molar-refractivity contribution in [2.24, 2.45) is 5.73 Å².